The summed E-state index contributed by atoms with van der Waals surface area (Å²) in [7, 11) is 0. The lowest BCUT2D eigenvalue weighted by atomic mass is 9.44. The van der Waals surface area contributed by atoms with Crippen molar-refractivity contribution >= 4 is 6.09 Å². The fraction of sp³-hybridized carbons (Fsp3) is 0.750. The Bertz CT molecular complexity index is 554. The van der Waals surface area contributed by atoms with Crippen molar-refractivity contribution in [2.45, 2.75) is 69.6 Å². The van der Waals surface area contributed by atoms with E-state index in [1.165, 1.54) is 0 Å². The summed E-state index contributed by atoms with van der Waals surface area (Å²) in [5.74, 6) is 0. The molecule has 122 valence electrons. The fourth-order valence-corrected chi connectivity index (χ4v) is 3.66. The Morgan fingerprint density at radius 3 is 2.73 bits per heavy atom. The van der Waals surface area contributed by atoms with E-state index in [1.54, 1.807) is 0 Å². The summed E-state index contributed by atoms with van der Waals surface area (Å²) in [6.45, 7) is 5.81. The molecule has 0 radical (unpaired) electrons. The van der Waals surface area contributed by atoms with E-state index >= 15 is 0 Å². The van der Waals surface area contributed by atoms with Gasteiger partial charge in [-0.05, 0) is 58.4 Å². The normalized spacial score (nSPS) is 29.5. The highest BCUT2D eigenvalue weighted by atomic mass is 16.6. The van der Waals surface area contributed by atoms with Crippen LogP contribution in [0.1, 0.15) is 52.0 Å². The number of ether oxygens (including phenoxy) is 1. The second-order valence-electron chi connectivity index (χ2n) is 7.78. The van der Waals surface area contributed by atoms with Gasteiger partial charge in [0.05, 0.1) is 17.3 Å². The molecule has 1 heterocycles. The zero-order valence-corrected chi connectivity index (χ0v) is 13.6. The first-order valence-corrected chi connectivity index (χ1v) is 7.92. The minimum absolute atomic E-state index is 0.0759. The zero-order chi connectivity index (χ0) is 16.0. The maximum atomic E-state index is 11.9. The molecule has 0 unspecified atom stereocenters. The molecule has 3 fully saturated rings. The quantitative estimate of drug-likeness (QED) is 0.872. The van der Waals surface area contributed by atoms with Crippen LogP contribution in [-0.4, -0.2) is 38.7 Å². The van der Waals surface area contributed by atoms with Crippen LogP contribution in [0.25, 0.3) is 0 Å². The summed E-state index contributed by atoms with van der Waals surface area (Å²) in [6.07, 6.45) is 8.00. The third-order valence-electron chi connectivity index (χ3n) is 4.51. The van der Waals surface area contributed by atoms with E-state index in [0.717, 1.165) is 37.7 Å². The van der Waals surface area contributed by atoms with Gasteiger partial charge < -0.3 is 15.2 Å². The summed E-state index contributed by atoms with van der Waals surface area (Å²) in [6, 6.07) is 0. The zero-order valence-electron chi connectivity index (χ0n) is 13.6. The second-order valence-corrected chi connectivity index (χ2v) is 7.78. The topological polar surface area (TPSA) is 76.4 Å². The molecule has 0 spiro atoms. The van der Waals surface area contributed by atoms with Gasteiger partial charge in [-0.3, -0.25) is 4.68 Å². The SMILES string of the molecule is CC(C)(C)OC(=O)NC12CC(n3cc(CCCO)cn3)(C1)C2. The molecule has 1 aromatic rings. The molecule has 2 bridgehead atoms. The van der Waals surface area contributed by atoms with E-state index in [4.69, 9.17) is 9.84 Å². The number of nitrogens with zero attached hydrogens (tertiary/aromatic N) is 2. The maximum absolute atomic E-state index is 11.9. The van der Waals surface area contributed by atoms with Crippen molar-refractivity contribution in [3.8, 4) is 0 Å². The number of rotatable bonds is 5. The summed E-state index contributed by atoms with van der Waals surface area (Å²) in [4.78, 5) is 11.9. The lowest BCUT2D eigenvalue weighted by Gasteiger charge is -2.69. The smallest absolute Gasteiger partial charge is 0.408 e. The van der Waals surface area contributed by atoms with Crippen LogP contribution in [0.3, 0.4) is 0 Å². The monoisotopic (exact) mass is 307 g/mol. The molecule has 0 aliphatic heterocycles. The van der Waals surface area contributed by atoms with E-state index in [0.29, 0.717) is 0 Å². The third kappa shape index (κ3) is 2.72. The van der Waals surface area contributed by atoms with E-state index < -0.39 is 5.60 Å². The lowest BCUT2D eigenvalue weighted by molar-refractivity contribution is -0.143. The highest BCUT2D eigenvalue weighted by molar-refractivity contribution is 5.70. The standard InChI is InChI=1S/C16H25N3O3/c1-14(2,3)22-13(21)18-15-9-16(10-15,11-15)19-8-12(7-17-19)5-4-6-20/h7-8,20H,4-6,9-11H2,1-3H3,(H,18,21). The van der Waals surface area contributed by atoms with Gasteiger partial charge in [0.25, 0.3) is 0 Å². The molecule has 0 aromatic carbocycles. The Morgan fingerprint density at radius 2 is 2.14 bits per heavy atom. The molecule has 2 N–H and O–H groups in total. The number of aryl methyl sites for hydroxylation is 1. The Labute approximate surface area is 130 Å². The number of alkyl carbamates (subject to hydrolysis) is 1. The van der Waals surface area contributed by atoms with Gasteiger partial charge in [0.1, 0.15) is 5.60 Å². The van der Waals surface area contributed by atoms with Gasteiger partial charge in [-0.15, -0.1) is 0 Å². The first-order chi connectivity index (χ1) is 10.3. The van der Waals surface area contributed by atoms with Crippen LogP contribution in [0, 0.1) is 0 Å². The van der Waals surface area contributed by atoms with Crippen LogP contribution < -0.4 is 5.32 Å². The average molecular weight is 307 g/mol. The summed E-state index contributed by atoms with van der Waals surface area (Å²) in [5, 5.41) is 16.4. The molecule has 6 heteroatoms. The fourth-order valence-electron chi connectivity index (χ4n) is 3.66. The highest BCUT2D eigenvalue weighted by Crippen LogP contribution is 2.65. The molecule has 0 saturated heterocycles. The van der Waals surface area contributed by atoms with Gasteiger partial charge >= 0.3 is 6.09 Å². The van der Waals surface area contributed by atoms with Crippen molar-refractivity contribution < 1.29 is 14.6 Å². The summed E-state index contributed by atoms with van der Waals surface area (Å²) in [5.41, 5.74) is 0.675. The number of aliphatic hydroxyl groups excluding tert-OH is 1. The number of amides is 1. The Hall–Kier alpha value is -1.56. The maximum Gasteiger partial charge on any atom is 0.408 e. The molecule has 0 atom stereocenters. The average Bonchev–Trinajstić information content (AvgIpc) is 2.75. The van der Waals surface area contributed by atoms with Crippen LogP contribution >= 0.6 is 0 Å². The van der Waals surface area contributed by atoms with Crippen LogP contribution in [0.15, 0.2) is 12.4 Å². The number of carbonyl (C=O) groups excluding carboxylic acids is 1. The van der Waals surface area contributed by atoms with Gasteiger partial charge in [0, 0.05) is 12.8 Å². The van der Waals surface area contributed by atoms with Crippen molar-refractivity contribution in [1.82, 2.24) is 15.1 Å². The van der Waals surface area contributed by atoms with E-state index in [1.807, 2.05) is 31.6 Å². The molecule has 1 aromatic heterocycles. The van der Waals surface area contributed by atoms with Gasteiger partial charge in [0.2, 0.25) is 0 Å². The van der Waals surface area contributed by atoms with Crippen LogP contribution in [-0.2, 0) is 16.7 Å². The van der Waals surface area contributed by atoms with Gasteiger partial charge in [-0.2, -0.15) is 5.10 Å². The summed E-state index contributed by atoms with van der Waals surface area (Å²) < 4.78 is 7.36. The minimum atomic E-state index is -0.463. The highest BCUT2D eigenvalue weighted by Gasteiger charge is 2.70. The minimum Gasteiger partial charge on any atom is -0.444 e. The predicted molar refractivity (Wildman–Crippen MR) is 81.6 cm³/mol. The number of aromatic nitrogens is 2. The van der Waals surface area contributed by atoms with Crippen molar-refractivity contribution in [1.29, 1.82) is 0 Å². The summed E-state index contributed by atoms with van der Waals surface area (Å²) >= 11 is 0. The molecular weight excluding hydrogens is 282 g/mol. The van der Waals surface area contributed by atoms with Crippen LogP contribution in [0.4, 0.5) is 4.79 Å². The molecule has 1 amide bonds. The first kappa shape index (κ1) is 15.3. The second kappa shape index (κ2) is 4.98. The molecule has 3 saturated carbocycles. The molecule has 4 rings (SSSR count). The van der Waals surface area contributed by atoms with E-state index in [-0.39, 0.29) is 23.8 Å². The van der Waals surface area contributed by atoms with E-state index in [2.05, 4.69) is 16.6 Å². The Morgan fingerprint density at radius 1 is 1.45 bits per heavy atom. The molecule has 3 aliphatic carbocycles. The van der Waals surface area contributed by atoms with Crippen LogP contribution in [0.5, 0.6) is 0 Å². The number of hydrogen-bond acceptors (Lipinski definition) is 4. The number of carbonyl (C=O) groups is 1. The van der Waals surface area contributed by atoms with E-state index in [9.17, 15) is 4.79 Å². The Balaban J connectivity index is 1.53. The molecule has 3 aliphatic rings. The van der Waals surface area contributed by atoms with Gasteiger partial charge in [-0.25, -0.2) is 4.79 Å². The largest absolute Gasteiger partial charge is 0.444 e. The lowest BCUT2D eigenvalue weighted by Crippen LogP contribution is -2.79. The van der Waals surface area contributed by atoms with Crippen molar-refractivity contribution in [2.24, 2.45) is 0 Å². The van der Waals surface area contributed by atoms with Gasteiger partial charge in [-0.1, -0.05) is 0 Å². The first-order valence-electron chi connectivity index (χ1n) is 7.92. The number of nitrogens with one attached hydrogen (secondary N) is 1. The number of hydrogen-bond donors (Lipinski definition) is 2. The molecule has 6 nitrogen and oxygen atoms in total. The predicted octanol–water partition coefficient (Wildman–Crippen LogP) is 1.96. The van der Waals surface area contributed by atoms with Gasteiger partial charge in [0.15, 0.2) is 0 Å². The molecule has 22 heavy (non-hydrogen) atoms. The van der Waals surface area contributed by atoms with Crippen molar-refractivity contribution in [3.05, 3.63) is 18.0 Å². The molecular formula is C16H25N3O3. The van der Waals surface area contributed by atoms with Crippen molar-refractivity contribution in [2.75, 3.05) is 6.61 Å². The van der Waals surface area contributed by atoms with Crippen molar-refractivity contribution in [3.63, 3.8) is 0 Å². The number of aliphatic hydroxyl groups is 1. The third-order valence-corrected chi connectivity index (χ3v) is 4.51. The van der Waals surface area contributed by atoms with Crippen LogP contribution in [0.2, 0.25) is 0 Å². The Kier molecular flexibility index (Phi) is 3.47.